The Hall–Kier alpha value is -3.89. The second-order valence-electron chi connectivity index (χ2n) is 4.60. The SMILES string of the molecule is O=C(NNC(=O)n1cnc2c(=O)[nH]c(=O)[nH]c21)Nc1ccccc1. The summed E-state index contributed by atoms with van der Waals surface area (Å²) >= 11 is 0. The van der Waals surface area contributed by atoms with E-state index in [9.17, 15) is 19.2 Å². The van der Waals surface area contributed by atoms with Gasteiger partial charge in [0.2, 0.25) is 0 Å². The molecular weight excluding hydrogens is 318 g/mol. The Morgan fingerprint density at radius 2 is 1.79 bits per heavy atom. The van der Waals surface area contributed by atoms with E-state index in [0.717, 1.165) is 10.9 Å². The van der Waals surface area contributed by atoms with Crippen LogP contribution < -0.4 is 27.4 Å². The second-order valence-corrected chi connectivity index (χ2v) is 4.60. The number of rotatable bonds is 1. The van der Waals surface area contributed by atoms with Crippen LogP contribution in [0.4, 0.5) is 15.3 Å². The molecule has 5 N–H and O–H groups in total. The molecule has 0 fully saturated rings. The first-order chi connectivity index (χ1) is 11.5. The highest BCUT2D eigenvalue weighted by molar-refractivity contribution is 5.92. The number of hydrazine groups is 1. The summed E-state index contributed by atoms with van der Waals surface area (Å²) in [5.74, 6) is 0. The summed E-state index contributed by atoms with van der Waals surface area (Å²) in [6.45, 7) is 0. The first-order valence-corrected chi connectivity index (χ1v) is 6.66. The Bertz CT molecular complexity index is 1020. The van der Waals surface area contributed by atoms with Crippen LogP contribution in [0.5, 0.6) is 0 Å². The van der Waals surface area contributed by atoms with Gasteiger partial charge in [-0.3, -0.25) is 14.8 Å². The van der Waals surface area contributed by atoms with Crippen molar-refractivity contribution in [3.05, 3.63) is 57.5 Å². The first-order valence-electron chi connectivity index (χ1n) is 6.66. The second kappa shape index (κ2) is 6.08. The number of nitrogens with zero attached hydrogens (tertiary/aromatic N) is 2. The van der Waals surface area contributed by atoms with E-state index in [2.05, 4.69) is 26.1 Å². The predicted molar refractivity (Wildman–Crippen MR) is 83.5 cm³/mol. The number of fused-ring (bicyclic) bond motifs is 1. The molecule has 0 saturated carbocycles. The fourth-order valence-electron chi connectivity index (χ4n) is 1.94. The smallest absolute Gasteiger partial charge is 0.307 e. The molecule has 3 amide bonds. The number of aromatic nitrogens is 4. The molecule has 0 aliphatic heterocycles. The van der Waals surface area contributed by atoms with Crippen LogP contribution in [-0.2, 0) is 0 Å². The highest BCUT2D eigenvalue weighted by Gasteiger charge is 2.14. The largest absolute Gasteiger partial charge is 0.347 e. The van der Waals surface area contributed by atoms with Crippen molar-refractivity contribution in [2.24, 2.45) is 0 Å². The van der Waals surface area contributed by atoms with Crippen LogP contribution in [0.2, 0.25) is 0 Å². The number of anilines is 1. The number of nitrogens with one attached hydrogen (secondary N) is 5. The van der Waals surface area contributed by atoms with Gasteiger partial charge >= 0.3 is 17.8 Å². The van der Waals surface area contributed by atoms with E-state index >= 15 is 0 Å². The Balaban J connectivity index is 1.71. The number of para-hydroxylation sites is 1. The standard InChI is InChI=1S/C13H11N7O4/c21-10-8-9(16-11(22)17-10)20(6-14-8)13(24)19-18-12(23)15-7-4-2-1-3-5-7/h1-6H,(H,19,24)(H2,15,18,23)(H2,16,17,21,22). The van der Waals surface area contributed by atoms with Gasteiger partial charge in [-0.05, 0) is 12.1 Å². The Kier molecular flexibility index (Phi) is 3.81. The van der Waals surface area contributed by atoms with E-state index in [0.29, 0.717) is 5.69 Å². The highest BCUT2D eigenvalue weighted by atomic mass is 16.2. The van der Waals surface area contributed by atoms with Gasteiger partial charge in [0.15, 0.2) is 11.2 Å². The van der Waals surface area contributed by atoms with Gasteiger partial charge in [-0.2, -0.15) is 0 Å². The lowest BCUT2D eigenvalue weighted by Gasteiger charge is -2.09. The van der Waals surface area contributed by atoms with Crippen molar-refractivity contribution in [2.45, 2.75) is 0 Å². The molecule has 11 heteroatoms. The van der Waals surface area contributed by atoms with Crippen LogP contribution in [0.15, 0.2) is 46.2 Å². The zero-order chi connectivity index (χ0) is 17.1. The third kappa shape index (κ3) is 2.99. The van der Waals surface area contributed by atoms with E-state index in [1.165, 1.54) is 0 Å². The maximum atomic E-state index is 12.0. The number of carbonyl (C=O) groups is 2. The number of aromatic amines is 2. The summed E-state index contributed by atoms with van der Waals surface area (Å²) in [5.41, 5.74) is 3.08. The molecular formula is C13H11N7O4. The van der Waals surface area contributed by atoms with Crippen molar-refractivity contribution in [3.8, 4) is 0 Å². The summed E-state index contributed by atoms with van der Waals surface area (Å²) < 4.78 is 0.884. The molecule has 0 atom stereocenters. The molecule has 0 aliphatic carbocycles. The molecule has 122 valence electrons. The van der Waals surface area contributed by atoms with E-state index in [1.807, 2.05) is 4.98 Å². The minimum atomic E-state index is -0.818. The Morgan fingerprint density at radius 1 is 1.04 bits per heavy atom. The van der Waals surface area contributed by atoms with Crippen LogP contribution in [0.1, 0.15) is 0 Å². The molecule has 2 aromatic heterocycles. The summed E-state index contributed by atoms with van der Waals surface area (Å²) in [5, 5.41) is 2.50. The predicted octanol–water partition coefficient (Wildman–Crippen LogP) is -0.293. The maximum Gasteiger partial charge on any atom is 0.347 e. The summed E-state index contributed by atoms with van der Waals surface area (Å²) in [4.78, 5) is 54.6. The highest BCUT2D eigenvalue weighted by Crippen LogP contribution is 2.04. The van der Waals surface area contributed by atoms with Gasteiger partial charge in [-0.25, -0.2) is 34.8 Å². The van der Waals surface area contributed by atoms with Crippen LogP contribution in [0.3, 0.4) is 0 Å². The van der Waals surface area contributed by atoms with E-state index in [1.54, 1.807) is 30.3 Å². The molecule has 24 heavy (non-hydrogen) atoms. The zero-order valence-electron chi connectivity index (χ0n) is 12.0. The molecule has 0 aliphatic rings. The van der Waals surface area contributed by atoms with Crippen molar-refractivity contribution >= 4 is 28.9 Å². The number of carbonyl (C=O) groups excluding carboxylic acids is 2. The number of hydrogen-bond donors (Lipinski definition) is 5. The number of H-pyrrole nitrogens is 2. The van der Waals surface area contributed by atoms with Crippen LogP contribution in [-0.4, -0.2) is 31.6 Å². The lowest BCUT2D eigenvalue weighted by molar-refractivity contribution is 0.231. The third-order valence-electron chi connectivity index (χ3n) is 2.98. The van der Waals surface area contributed by atoms with Crippen molar-refractivity contribution < 1.29 is 9.59 Å². The minimum Gasteiger partial charge on any atom is -0.307 e. The van der Waals surface area contributed by atoms with Crippen molar-refractivity contribution in [2.75, 3.05) is 5.32 Å². The monoisotopic (exact) mass is 329 g/mol. The molecule has 3 rings (SSSR count). The van der Waals surface area contributed by atoms with Crippen molar-refractivity contribution in [3.63, 3.8) is 0 Å². The average Bonchev–Trinajstić information content (AvgIpc) is 2.97. The van der Waals surface area contributed by atoms with Crippen molar-refractivity contribution in [1.29, 1.82) is 0 Å². The molecule has 2 heterocycles. The Morgan fingerprint density at radius 3 is 2.54 bits per heavy atom. The van der Waals surface area contributed by atoms with Gasteiger partial charge in [0.25, 0.3) is 5.56 Å². The molecule has 0 unspecified atom stereocenters. The molecule has 0 saturated heterocycles. The van der Waals surface area contributed by atoms with Gasteiger partial charge in [0.05, 0.1) is 0 Å². The molecule has 0 bridgehead atoms. The molecule has 0 radical (unpaired) electrons. The summed E-state index contributed by atoms with van der Waals surface area (Å²) in [7, 11) is 0. The molecule has 3 aromatic rings. The van der Waals surface area contributed by atoms with Crippen LogP contribution in [0, 0.1) is 0 Å². The average molecular weight is 329 g/mol. The Labute approximate surface area is 132 Å². The topological polar surface area (TPSA) is 154 Å². The molecule has 1 aromatic carbocycles. The van der Waals surface area contributed by atoms with Crippen LogP contribution in [0.25, 0.3) is 11.2 Å². The molecule has 0 spiro atoms. The lowest BCUT2D eigenvalue weighted by atomic mass is 10.3. The quantitative estimate of drug-likeness (QED) is 0.388. The lowest BCUT2D eigenvalue weighted by Crippen LogP contribution is -2.45. The van der Waals surface area contributed by atoms with E-state index in [4.69, 9.17) is 0 Å². The summed E-state index contributed by atoms with van der Waals surface area (Å²) in [6, 6.07) is 7.10. The number of imidazole rings is 1. The fraction of sp³-hybridized carbons (Fsp3) is 0. The number of urea groups is 1. The maximum absolute atomic E-state index is 12.0. The zero-order valence-corrected chi connectivity index (χ0v) is 12.0. The number of hydrogen-bond acceptors (Lipinski definition) is 5. The number of amides is 3. The van der Waals surface area contributed by atoms with Crippen molar-refractivity contribution in [1.82, 2.24) is 30.4 Å². The summed E-state index contributed by atoms with van der Waals surface area (Å²) in [6.07, 6.45) is 1.04. The van der Waals surface area contributed by atoms with Gasteiger partial charge < -0.3 is 5.32 Å². The fourth-order valence-corrected chi connectivity index (χ4v) is 1.94. The normalized spacial score (nSPS) is 10.3. The first kappa shape index (κ1) is 15.0. The van der Waals surface area contributed by atoms with Gasteiger partial charge in [-0.1, -0.05) is 18.2 Å². The third-order valence-corrected chi connectivity index (χ3v) is 2.98. The molecule has 11 nitrogen and oxygen atoms in total. The number of benzene rings is 1. The van der Waals surface area contributed by atoms with E-state index < -0.39 is 23.3 Å². The van der Waals surface area contributed by atoms with Gasteiger partial charge in [0.1, 0.15) is 6.33 Å². The van der Waals surface area contributed by atoms with Gasteiger partial charge in [0, 0.05) is 5.69 Å². The van der Waals surface area contributed by atoms with E-state index in [-0.39, 0.29) is 11.2 Å². The van der Waals surface area contributed by atoms with Crippen LogP contribution >= 0.6 is 0 Å². The minimum absolute atomic E-state index is 0.0912. The van der Waals surface area contributed by atoms with Gasteiger partial charge in [-0.15, -0.1) is 0 Å².